The van der Waals surface area contributed by atoms with Gasteiger partial charge in [0.2, 0.25) is 0 Å². The van der Waals surface area contributed by atoms with Gasteiger partial charge in [0, 0.05) is 13.1 Å². The summed E-state index contributed by atoms with van der Waals surface area (Å²) in [6, 6.07) is 5.91. The van der Waals surface area contributed by atoms with Gasteiger partial charge in [-0.2, -0.15) is 0 Å². The first kappa shape index (κ1) is 14.8. The third-order valence-corrected chi connectivity index (χ3v) is 3.37. The maximum absolute atomic E-state index is 12.4. The number of carboxylic acid groups (broad SMARTS) is 1. The molecule has 0 radical (unpaired) electrons. The molecule has 1 aromatic rings. The van der Waals surface area contributed by atoms with E-state index in [2.05, 4.69) is 10.1 Å². The highest BCUT2D eigenvalue weighted by atomic mass is 16.5. The lowest BCUT2D eigenvalue weighted by Gasteiger charge is -2.18. The molecule has 1 heterocycles. The van der Waals surface area contributed by atoms with Gasteiger partial charge in [-0.15, -0.1) is 0 Å². The Hall–Kier alpha value is -2.57. The van der Waals surface area contributed by atoms with Crippen LogP contribution in [0.1, 0.15) is 27.1 Å². The molecule has 7 heteroatoms. The Morgan fingerprint density at radius 2 is 1.95 bits per heavy atom. The number of amides is 2. The van der Waals surface area contributed by atoms with Gasteiger partial charge in [0.15, 0.2) is 0 Å². The van der Waals surface area contributed by atoms with E-state index in [0.717, 1.165) is 0 Å². The molecule has 0 aliphatic carbocycles. The van der Waals surface area contributed by atoms with Crippen LogP contribution in [0, 0.1) is 0 Å². The fourth-order valence-electron chi connectivity index (χ4n) is 2.31. The molecular weight excluding hydrogens is 276 g/mol. The molecule has 0 bridgehead atoms. The number of nitrogens with one attached hydrogen (secondary N) is 1. The Morgan fingerprint density at radius 3 is 2.57 bits per heavy atom. The van der Waals surface area contributed by atoms with Crippen LogP contribution < -0.4 is 5.32 Å². The van der Waals surface area contributed by atoms with Crippen molar-refractivity contribution in [1.82, 2.24) is 10.2 Å². The van der Waals surface area contributed by atoms with Gasteiger partial charge in [0.1, 0.15) is 0 Å². The zero-order valence-electron chi connectivity index (χ0n) is 11.5. The van der Waals surface area contributed by atoms with Gasteiger partial charge in [-0.1, -0.05) is 12.1 Å². The summed E-state index contributed by atoms with van der Waals surface area (Å²) in [7, 11) is 1.27. The van der Waals surface area contributed by atoms with Gasteiger partial charge in [-0.05, 0) is 18.6 Å². The second kappa shape index (κ2) is 6.25. The quantitative estimate of drug-likeness (QED) is 0.865. The number of benzene rings is 1. The second-order valence-corrected chi connectivity index (χ2v) is 4.72. The minimum absolute atomic E-state index is 0.0214. The summed E-state index contributed by atoms with van der Waals surface area (Å²) in [6.45, 7) is 0.795. The van der Waals surface area contributed by atoms with E-state index >= 15 is 0 Å². The molecular formula is C14H16N2O5. The number of rotatable bonds is 3. The van der Waals surface area contributed by atoms with Crippen molar-refractivity contribution in [3.63, 3.8) is 0 Å². The van der Waals surface area contributed by atoms with Crippen molar-refractivity contribution >= 4 is 18.0 Å². The maximum atomic E-state index is 12.4. The molecule has 1 aliphatic rings. The SMILES string of the molecule is COC(=O)NC1CCN(C(=O)c2ccccc2C(=O)O)C1. The summed E-state index contributed by atoms with van der Waals surface area (Å²) in [5.74, 6) is -1.48. The number of alkyl carbamates (subject to hydrolysis) is 1. The molecule has 0 spiro atoms. The average molecular weight is 292 g/mol. The van der Waals surface area contributed by atoms with Crippen LogP contribution in [0.3, 0.4) is 0 Å². The minimum Gasteiger partial charge on any atom is -0.478 e. The molecule has 1 aromatic carbocycles. The lowest BCUT2D eigenvalue weighted by molar-refractivity contribution is 0.0681. The molecule has 2 N–H and O–H groups in total. The number of methoxy groups -OCH3 is 1. The summed E-state index contributed by atoms with van der Waals surface area (Å²) in [5, 5.41) is 11.7. The van der Waals surface area contributed by atoms with Crippen molar-refractivity contribution in [1.29, 1.82) is 0 Å². The Bertz CT molecular complexity index is 572. The number of aromatic carboxylic acids is 1. The Balaban J connectivity index is 2.09. The number of hydrogen-bond acceptors (Lipinski definition) is 4. The van der Waals surface area contributed by atoms with Crippen molar-refractivity contribution in [2.45, 2.75) is 12.5 Å². The Morgan fingerprint density at radius 1 is 1.29 bits per heavy atom. The van der Waals surface area contributed by atoms with E-state index in [1.807, 2.05) is 0 Å². The summed E-state index contributed by atoms with van der Waals surface area (Å²) in [6.07, 6.45) is 0.0658. The number of nitrogens with zero attached hydrogens (tertiary/aromatic N) is 1. The van der Waals surface area contributed by atoms with Crippen LogP contribution in [0.25, 0.3) is 0 Å². The van der Waals surface area contributed by atoms with Gasteiger partial charge < -0.3 is 20.1 Å². The van der Waals surface area contributed by atoms with Crippen LogP contribution in [-0.4, -0.2) is 54.2 Å². The minimum atomic E-state index is -1.14. The van der Waals surface area contributed by atoms with E-state index in [0.29, 0.717) is 19.5 Å². The number of carboxylic acids is 1. The van der Waals surface area contributed by atoms with Gasteiger partial charge in [-0.25, -0.2) is 9.59 Å². The van der Waals surface area contributed by atoms with E-state index in [9.17, 15) is 14.4 Å². The predicted molar refractivity (Wildman–Crippen MR) is 73.3 cm³/mol. The largest absolute Gasteiger partial charge is 0.478 e. The predicted octanol–water partition coefficient (Wildman–Crippen LogP) is 0.955. The fraction of sp³-hybridized carbons (Fsp3) is 0.357. The van der Waals surface area contributed by atoms with E-state index in [4.69, 9.17) is 5.11 Å². The van der Waals surface area contributed by atoms with Crippen LogP contribution in [0.4, 0.5) is 4.79 Å². The van der Waals surface area contributed by atoms with Crippen molar-refractivity contribution in [3.05, 3.63) is 35.4 Å². The summed E-state index contributed by atoms with van der Waals surface area (Å²) < 4.78 is 4.51. The summed E-state index contributed by atoms with van der Waals surface area (Å²) in [4.78, 5) is 36.2. The van der Waals surface area contributed by atoms with Crippen molar-refractivity contribution in [2.24, 2.45) is 0 Å². The van der Waals surface area contributed by atoms with Gasteiger partial charge >= 0.3 is 12.1 Å². The summed E-state index contributed by atoms with van der Waals surface area (Å²) >= 11 is 0. The first-order chi connectivity index (χ1) is 10.0. The first-order valence-electron chi connectivity index (χ1n) is 6.49. The molecule has 1 aliphatic heterocycles. The first-order valence-corrected chi connectivity index (χ1v) is 6.49. The van der Waals surface area contributed by atoms with Crippen LogP contribution in [0.2, 0.25) is 0 Å². The zero-order chi connectivity index (χ0) is 15.4. The third kappa shape index (κ3) is 3.31. The highest BCUT2D eigenvalue weighted by molar-refractivity contribution is 6.04. The molecule has 2 amide bonds. The molecule has 7 nitrogen and oxygen atoms in total. The molecule has 1 unspecified atom stereocenters. The number of likely N-dealkylation sites (tertiary alicyclic amines) is 1. The smallest absolute Gasteiger partial charge is 0.407 e. The summed E-state index contributed by atoms with van der Waals surface area (Å²) in [5.41, 5.74) is 0.135. The number of carbonyl (C=O) groups excluding carboxylic acids is 2. The van der Waals surface area contributed by atoms with Crippen molar-refractivity contribution < 1.29 is 24.2 Å². The fourth-order valence-corrected chi connectivity index (χ4v) is 2.31. The van der Waals surface area contributed by atoms with E-state index in [1.54, 1.807) is 12.1 Å². The van der Waals surface area contributed by atoms with Gasteiger partial charge in [0.25, 0.3) is 5.91 Å². The lowest BCUT2D eigenvalue weighted by Crippen LogP contribution is -2.38. The van der Waals surface area contributed by atoms with Crippen LogP contribution in [0.15, 0.2) is 24.3 Å². The van der Waals surface area contributed by atoms with E-state index in [-0.39, 0.29) is 23.1 Å². The standard InChI is InChI=1S/C14H16N2O5/c1-21-14(20)15-9-6-7-16(8-9)12(17)10-4-2-3-5-11(10)13(18)19/h2-5,9H,6-8H2,1H3,(H,15,20)(H,18,19). The van der Waals surface area contributed by atoms with Crippen LogP contribution >= 0.6 is 0 Å². The van der Waals surface area contributed by atoms with E-state index < -0.39 is 12.1 Å². The number of hydrogen-bond donors (Lipinski definition) is 2. The van der Waals surface area contributed by atoms with Gasteiger partial charge in [-0.3, -0.25) is 4.79 Å². The second-order valence-electron chi connectivity index (χ2n) is 4.72. The maximum Gasteiger partial charge on any atom is 0.407 e. The molecule has 1 fully saturated rings. The molecule has 0 aromatic heterocycles. The third-order valence-electron chi connectivity index (χ3n) is 3.37. The Labute approximate surface area is 121 Å². The van der Waals surface area contributed by atoms with Crippen molar-refractivity contribution in [2.75, 3.05) is 20.2 Å². The van der Waals surface area contributed by atoms with Crippen molar-refractivity contribution in [3.8, 4) is 0 Å². The molecule has 1 atom stereocenters. The normalized spacial score (nSPS) is 17.4. The van der Waals surface area contributed by atoms with E-state index in [1.165, 1.54) is 24.1 Å². The number of carbonyl (C=O) groups is 3. The number of ether oxygens (including phenoxy) is 1. The molecule has 0 saturated carbocycles. The average Bonchev–Trinajstić information content (AvgIpc) is 2.94. The monoisotopic (exact) mass is 292 g/mol. The molecule has 1 saturated heterocycles. The lowest BCUT2D eigenvalue weighted by atomic mass is 10.1. The molecule has 2 rings (SSSR count). The highest BCUT2D eigenvalue weighted by Gasteiger charge is 2.29. The van der Waals surface area contributed by atoms with Crippen LogP contribution in [0.5, 0.6) is 0 Å². The topological polar surface area (TPSA) is 95.9 Å². The van der Waals surface area contributed by atoms with Gasteiger partial charge in [0.05, 0.1) is 24.3 Å². The molecule has 21 heavy (non-hydrogen) atoms. The molecule has 112 valence electrons. The zero-order valence-corrected chi connectivity index (χ0v) is 11.5. The highest BCUT2D eigenvalue weighted by Crippen LogP contribution is 2.17. The Kier molecular flexibility index (Phi) is 4.42. The van der Waals surface area contributed by atoms with Crippen LogP contribution in [-0.2, 0) is 4.74 Å².